The maximum atomic E-state index is 12.3. The van der Waals surface area contributed by atoms with E-state index in [1.807, 2.05) is 20.0 Å². The molecule has 2 N–H and O–H groups in total. The van der Waals surface area contributed by atoms with E-state index in [2.05, 4.69) is 20.0 Å². The largest absolute Gasteiger partial charge is 0.313 e. The van der Waals surface area contributed by atoms with Crippen molar-refractivity contribution in [3.8, 4) is 0 Å². The molecule has 0 radical (unpaired) electrons. The van der Waals surface area contributed by atoms with Crippen LogP contribution in [-0.2, 0) is 10.0 Å². The van der Waals surface area contributed by atoms with E-state index < -0.39 is 10.0 Å². The third-order valence-electron chi connectivity index (χ3n) is 2.91. The van der Waals surface area contributed by atoms with Crippen LogP contribution in [0.25, 0.3) is 0 Å². The van der Waals surface area contributed by atoms with Gasteiger partial charge in [-0.15, -0.1) is 0 Å². The van der Waals surface area contributed by atoms with Crippen molar-refractivity contribution in [2.75, 3.05) is 11.8 Å². The van der Waals surface area contributed by atoms with Gasteiger partial charge in [0.1, 0.15) is 6.33 Å². The summed E-state index contributed by atoms with van der Waals surface area (Å²) in [5.74, 6) is 0. The summed E-state index contributed by atoms with van der Waals surface area (Å²) in [5, 5.41) is 3.07. The molecule has 0 bridgehead atoms. The lowest BCUT2D eigenvalue weighted by atomic mass is 10.1. The van der Waals surface area contributed by atoms with E-state index >= 15 is 0 Å². The van der Waals surface area contributed by atoms with Crippen LogP contribution in [0.2, 0.25) is 0 Å². The van der Waals surface area contributed by atoms with Crippen molar-refractivity contribution in [1.82, 2.24) is 15.3 Å². The summed E-state index contributed by atoms with van der Waals surface area (Å²) in [6.45, 7) is 1.96. The van der Waals surface area contributed by atoms with Gasteiger partial charge in [-0.2, -0.15) is 0 Å². The number of nitrogens with one attached hydrogen (secondary N) is 2. The molecule has 1 heterocycles. The summed E-state index contributed by atoms with van der Waals surface area (Å²) in [4.78, 5) is 7.76. The Balaban J connectivity index is 2.30. The van der Waals surface area contributed by atoms with E-state index in [9.17, 15) is 8.42 Å². The number of anilines is 1. The van der Waals surface area contributed by atoms with Gasteiger partial charge < -0.3 is 5.32 Å². The first-order chi connectivity index (χ1) is 9.53. The molecular formula is C13H16N4O2S. The van der Waals surface area contributed by atoms with Crippen LogP contribution in [0.3, 0.4) is 0 Å². The molecule has 0 spiro atoms. The normalized spacial score (nSPS) is 12.9. The summed E-state index contributed by atoms with van der Waals surface area (Å²) in [6.07, 6.45) is 4.16. The molecule has 1 aromatic carbocycles. The molecule has 2 aromatic rings. The predicted molar refractivity (Wildman–Crippen MR) is 76.8 cm³/mol. The number of nitrogens with zero attached hydrogens (tertiary/aromatic N) is 2. The lowest BCUT2D eigenvalue weighted by molar-refractivity contribution is 0.600. The van der Waals surface area contributed by atoms with Gasteiger partial charge in [-0.1, -0.05) is 12.1 Å². The highest BCUT2D eigenvalue weighted by Gasteiger charge is 2.15. The fraction of sp³-hybridized carbons (Fsp3) is 0.231. The van der Waals surface area contributed by atoms with Gasteiger partial charge in [0.25, 0.3) is 10.0 Å². The minimum atomic E-state index is -3.64. The Bertz CT molecular complexity index is 674. The zero-order valence-corrected chi connectivity index (χ0v) is 12.1. The molecule has 20 heavy (non-hydrogen) atoms. The van der Waals surface area contributed by atoms with Crippen molar-refractivity contribution >= 4 is 15.7 Å². The molecule has 0 amide bonds. The first kappa shape index (κ1) is 14.4. The molecule has 106 valence electrons. The third kappa shape index (κ3) is 3.31. The zero-order chi connectivity index (χ0) is 14.6. The van der Waals surface area contributed by atoms with E-state index in [0.717, 1.165) is 5.56 Å². The van der Waals surface area contributed by atoms with E-state index in [0.29, 0.717) is 5.69 Å². The van der Waals surface area contributed by atoms with Gasteiger partial charge in [0, 0.05) is 6.04 Å². The lowest BCUT2D eigenvalue weighted by Gasteiger charge is -2.13. The van der Waals surface area contributed by atoms with Gasteiger partial charge in [-0.05, 0) is 31.7 Å². The smallest absolute Gasteiger partial charge is 0.262 e. The van der Waals surface area contributed by atoms with Gasteiger partial charge in [-0.3, -0.25) is 4.72 Å². The minimum absolute atomic E-state index is 0.0743. The van der Waals surface area contributed by atoms with Crippen LogP contribution >= 0.6 is 0 Å². The molecule has 2 rings (SSSR count). The summed E-state index contributed by atoms with van der Waals surface area (Å²) in [7, 11) is -1.81. The van der Waals surface area contributed by atoms with Crippen molar-refractivity contribution in [2.45, 2.75) is 17.9 Å². The topological polar surface area (TPSA) is 84.0 Å². The second kappa shape index (κ2) is 5.98. The van der Waals surface area contributed by atoms with Gasteiger partial charge in [0.15, 0.2) is 0 Å². The Morgan fingerprint density at radius 3 is 2.55 bits per heavy atom. The number of benzene rings is 1. The summed E-state index contributed by atoms with van der Waals surface area (Å²) in [6, 6.07) is 6.88. The second-order valence-corrected chi connectivity index (χ2v) is 6.00. The van der Waals surface area contributed by atoms with Gasteiger partial charge in [-0.25, -0.2) is 18.4 Å². The molecule has 0 fully saturated rings. The van der Waals surface area contributed by atoms with Gasteiger partial charge in [0.05, 0.1) is 23.0 Å². The van der Waals surface area contributed by atoms with E-state index in [1.54, 1.807) is 18.2 Å². The Kier molecular flexibility index (Phi) is 4.31. The fourth-order valence-corrected chi connectivity index (χ4v) is 2.77. The molecule has 6 nitrogen and oxygen atoms in total. The highest BCUT2D eigenvalue weighted by atomic mass is 32.2. The summed E-state index contributed by atoms with van der Waals surface area (Å²) >= 11 is 0. The monoisotopic (exact) mass is 292 g/mol. The molecule has 0 saturated heterocycles. The molecule has 0 aliphatic heterocycles. The first-order valence-corrected chi connectivity index (χ1v) is 7.56. The van der Waals surface area contributed by atoms with E-state index in [4.69, 9.17) is 0 Å². The molecule has 1 aromatic heterocycles. The van der Waals surface area contributed by atoms with Crippen LogP contribution in [0.15, 0.2) is 47.9 Å². The maximum Gasteiger partial charge on any atom is 0.262 e. The lowest BCUT2D eigenvalue weighted by Crippen LogP contribution is -2.16. The zero-order valence-electron chi connectivity index (χ0n) is 11.2. The van der Waals surface area contributed by atoms with Crippen LogP contribution in [-0.4, -0.2) is 25.4 Å². The van der Waals surface area contributed by atoms with Crippen LogP contribution < -0.4 is 10.0 Å². The average molecular weight is 292 g/mol. The van der Waals surface area contributed by atoms with E-state index in [1.165, 1.54) is 18.7 Å². The standard InChI is InChI=1S/C13H16N4O2S/c1-10(14-2)11-4-3-5-13(6-11)20(18,19)17-12-7-15-9-16-8-12/h3-10,14,17H,1-2H3. The quantitative estimate of drug-likeness (QED) is 0.873. The molecule has 0 saturated carbocycles. The summed E-state index contributed by atoms with van der Waals surface area (Å²) < 4.78 is 27.0. The molecule has 1 atom stereocenters. The molecule has 0 aliphatic carbocycles. The number of hydrogen-bond donors (Lipinski definition) is 2. The predicted octanol–water partition coefficient (Wildman–Crippen LogP) is 1.56. The Labute approximate surface area is 118 Å². The molecule has 0 aliphatic rings. The third-order valence-corrected chi connectivity index (χ3v) is 4.29. The second-order valence-electron chi connectivity index (χ2n) is 4.32. The Morgan fingerprint density at radius 2 is 1.90 bits per heavy atom. The fourth-order valence-electron chi connectivity index (χ4n) is 1.68. The van der Waals surface area contributed by atoms with Crippen molar-refractivity contribution in [3.05, 3.63) is 48.5 Å². The first-order valence-electron chi connectivity index (χ1n) is 6.08. The number of sulfonamides is 1. The maximum absolute atomic E-state index is 12.3. The van der Waals surface area contributed by atoms with Crippen molar-refractivity contribution in [3.63, 3.8) is 0 Å². The van der Waals surface area contributed by atoms with Crippen molar-refractivity contribution < 1.29 is 8.42 Å². The number of rotatable bonds is 5. The van der Waals surface area contributed by atoms with E-state index in [-0.39, 0.29) is 10.9 Å². The van der Waals surface area contributed by atoms with Crippen molar-refractivity contribution in [2.24, 2.45) is 0 Å². The van der Waals surface area contributed by atoms with Gasteiger partial charge >= 0.3 is 0 Å². The Hall–Kier alpha value is -1.99. The van der Waals surface area contributed by atoms with Crippen LogP contribution in [0.5, 0.6) is 0 Å². The Morgan fingerprint density at radius 1 is 1.20 bits per heavy atom. The molecular weight excluding hydrogens is 276 g/mol. The van der Waals surface area contributed by atoms with Gasteiger partial charge in [0.2, 0.25) is 0 Å². The minimum Gasteiger partial charge on any atom is -0.313 e. The summed E-state index contributed by atoms with van der Waals surface area (Å²) in [5.41, 5.74) is 1.24. The van der Waals surface area contributed by atoms with Crippen LogP contribution in [0.1, 0.15) is 18.5 Å². The van der Waals surface area contributed by atoms with Crippen LogP contribution in [0.4, 0.5) is 5.69 Å². The van der Waals surface area contributed by atoms with Crippen molar-refractivity contribution in [1.29, 1.82) is 0 Å². The van der Waals surface area contributed by atoms with Crippen LogP contribution in [0, 0.1) is 0 Å². The average Bonchev–Trinajstić information content (AvgIpc) is 2.47. The highest BCUT2D eigenvalue weighted by molar-refractivity contribution is 7.92. The molecule has 1 unspecified atom stereocenters. The number of aromatic nitrogens is 2. The highest BCUT2D eigenvalue weighted by Crippen LogP contribution is 2.19. The molecule has 7 heteroatoms. The SMILES string of the molecule is CNC(C)c1cccc(S(=O)(=O)Nc2cncnc2)c1. The number of hydrogen-bond acceptors (Lipinski definition) is 5.